The SMILES string of the molecule is C=C=CCN(CC(=O)CC)S(=O)(=O)c1ccc(C)cc1. The van der Waals surface area contributed by atoms with Crippen molar-refractivity contribution in [1.29, 1.82) is 0 Å². The monoisotopic (exact) mass is 293 g/mol. The Morgan fingerprint density at radius 2 is 1.95 bits per heavy atom. The predicted molar refractivity (Wildman–Crippen MR) is 78.9 cm³/mol. The van der Waals surface area contributed by atoms with Crippen molar-refractivity contribution in [2.75, 3.05) is 13.1 Å². The molecule has 0 fully saturated rings. The van der Waals surface area contributed by atoms with Crippen molar-refractivity contribution in [3.8, 4) is 0 Å². The number of carbonyl (C=O) groups is 1. The largest absolute Gasteiger partial charge is 0.298 e. The molecule has 0 saturated carbocycles. The highest BCUT2D eigenvalue weighted by atomic mass is 32.2. The Hall–Kier alpha value is -1.68. The Balaban J connectivity index is 3.12. The summed E-state index contributed by atoms with van der Waals surface area (Å²) in [4.78, 5) is 11.7. The molecule has 20 heavy (non-hydrogen) atoms. The van der Waals surface area contributed by atoms with Crippen molar-refractivity contribution >= 4 is 15.8 Å². The minimum Gasteiger partial charge on any atom is -0.298 e. The zero-order chi connectivity index (χ0) is 15.2. The summed E-state index contributed by atoms with van der Waals surface area (Å²) < 4.78 is 26.2. The molecule has 1 rings (SSSR count). The number of hydrogen-bond donors (Lipinski definition) is 0. The van der Waals surface area contributed by atoms with Crippen molar-refractivity contribution in [2.45, 2.75) is 25.2 Å². The second-order valence-corrected chi connectivity index (χ2v) is 6.35. The maximum atomic E-state index is 12.5. The summed E-state index contributed by atoms with van der Waals surface area (Å²) in [6.45, 7) is 6.96. The van der Waals surface area contributed by atoms with Gasteiger partial charge in [-0.25, -0.2) is 8.42 Å². The van der Waals surface area contributed by atoms with Gasteiger partial charge in [0.05, 0.1) is 11.4 Å². The molecular formula is C15H19NO3S. The fraction of sp³-hybridized carbons (Fsp3) is 0.333. The topological polar surface area (TPSA) is 54.5 Å². The van der Waals surface area contributed by atoms with E-state index in [2.05, 4.69) is 12.3 Å². The molecule has 0 aliphatic heterocycles. The number of ketones is 1. The highest BCUT2D eigenvalue weighted by molar-refractivity contribution is 7.89. The van der Waals surface area contributed by atoms with E-state index >= 15 is 0 Å². The van der Waals surface area contributed by atoms with Gasteiger partial charge in [0.2, 0.25) is 10.0 Å². The summed E-state index contributed by atoms with van der Waals surface area (Å²) in [5.74, 6) is -0.127. The standard InChI is InChI=1S/C15H19NO3S/c1-4-6-11-16(12-14(17)5-2)20(18,19)15-9-7-13(3)8-10-15/h6-10H,1,5,11-12H2,2-3H3. The maximum Gasteiger partial charge on any atom is 0.243 e. The van der Waals surface area contributed by atoms with Crippen molar-refractivity contribution < 1.29 is 13.2 Å². The van der Waals surface area contributed by atoms with Crippen LogP contribution in [0.15, 0.2) is 47.5 Å². The first-order valence-corrected chi connectivity index (χ1v) is 7.78. The van der Waals surface area contributed by atoms with E-state index in [0.29, 0.717) is 6.42 Å². The van der Waals surface area contributed by atoms with Crippen LogP contribution in [0.2, 0.25) is 0 Å². The summed E-state index contributed by atoms with van der Waals surface area (Å²) in [5, 5.41) is 0. The number of carbonyl (C=O) groups excluding carboxylic acids is 1. The van der Waals surface area contributed by atoms with Crippen LogP contribution in [0, 0.1) is 6.92 Å². The van der Waals surface area contributed by atoms with E-state index in [4.69, 9.17) is 0 Å². The molecule has 5 heteroatoms. The third-order valence-electron chi connectivity index (χ3n) is 2.85. The van der Waals surface area contributed by atoms with Gasteiger partial charge in [0.1, 0.15) is 5.78 Å². The highest BCUT2D eigenvalue weighted by Gasteiger charge is 2.25. The summed E-state index contributed by atoms with van der Waals surface area (Å²) in [5.41, 5.74) is 3.51. The third-order valence-corrected chi connectivity index (χ3v) is 4.67. The van der Waals surface area contributed by atoms with Crippen molar-refractivity contribution in [1.82, 2.24) is 4.31 Å². The average molecular weight is 293 g/mol. The van der Waals surface area contributed by atoms with Gasteiger partial charge in [-0.2, -0.15) is 4.31 Å². The Kier molecular flexibility index (Phi) is 5.89. The van der Waals surface area contributed by atoms with Crippen molar-refractivity contribution in [3.63, 3.8) is 0 Å². The van der Waals surface area contributed by atoms with Gasteiger partial charge in [-0.15, -0.1) is 5.73 Å². The second kappa shape index (κ2) is 7.20. The number of sulfonamides is 1. The predicted octanol–water partition coefficient (Wildman–Crippen LogP) is 2.31. The lowest BCUT2D eigenvalue weighted by atomic mass is 10.2. The van der Waals surface area contributed by atoms with E-state index in [1.54, 1.807) is 31.2 Å². The highest BCUT2D eigenvalue weighted by Crippen LogP contribution is 2.16. The van der Waals surface area contributed by atoms with Crippen LogP contribution in [0.5, 0.6) is 0 Å². The lowest BCUT2D eigenvalue weighted by Crippen LogP contribution is -2.35. The molecule has 108 valence electrons. The van der Waals surface area contributed by atoms with E-state index < -0.39 is 10.0 Å². The van der Waals surface area contributed by atoms with Crippen LogP contribution in [0.4, 0.5) is 0 Å². The molecule has 0 aliphatic rings. The normalized spacial score (nSPS) is 11.2. The van der Waals surface area contributed by atoms with Crippen molar-refractivity contribution in [2.24, 2.45) is 0 Å². The molecule has 0 atom stereocenters. The van der Waals surface area contributed by atoms with E-state index in [9.17, 15) is 13.2 Å². The molecule has 0 amide bonds. The lowest BCUT2D eigenvalue weighted by molar-refractivity contribution is -0.118. The first-order valence-electron chi connectivity index (χ1n) is 6.34. The van der Waals surface area contributed by atoms with Crippen LogP contribution in [0.3, 0.4) is 0 Å². The van der Waals surface area contributed by atoms with Gasteiger partial charge < -0.3 is 0 Å². The van der Waals surface area contributed by atoms with Gasteiger partial charge in [-0.1, -0.05) is 31.2 Å². The van der Waals surface area contributed by atoms with Crippen LogP contribution in [-0.2, 0) is 14.8 Å². The minimum atomic E-state index is -3.68. The zero-order valence-corrected chi connectivity index (χ0v) is 12.6. The molecule has 0 saturated heterocycles. The van der Waals surface area contributed by atoms with Gasteiger partial charge in [-0.3, -0.25) is 4.79 Å². The Morgan fingerprint density at radius 3 is 2.45 bits per heavy atom. The van der Waals surface area contributed by atoms with Crippen LogP contribution < -0.4 is 0 Å². The van der Waals surface area contributed by atoms with E-state index in [1.165, 1.54) is 6.08 Å². The Bertz CT molecular complexity index is 611. The van der Waals surface area contributed by atoms with E-state index in [1.807, 2.05) is 6.92 Å². The molecule has 0 heterocycles. The van der Waals surface area contributed by atoms with Crippen LogP contribution in [0.25, 0.3) is 0 Å². The molecular weight excluding hydrogens is 274 g/mol. The molecule has 1 aromatic carbocycles. The van der Waals surface area contributed by atoms with Crippen molar-refractivity contribution in [3.05, 3.63) is 48.2 Å². The van der Waals surface area contributed by atoms with Crippen LogP contribution >= 0.6 is 0 Å². The number of rotatable bonds is 7. The van der Waals surface area contributed by atoms with Gasteiger partial charge >= 0.3 is 0 Å². The average Bonchev–Trinajstić information content (AvgIpc) is 2.43. The lowest BCUT2D eigenvalue weighted by Gasteiger charge is -2.19. The maximum absolute atomic E-state index is 12.5. The fourth-order valence-corrected chi connectivity index (χ4v) is 2.94. The first-order chi connectivity index (χ1) is 9.41. The van der Waals surface area contributed by atoms with Gasteiger partial charge in [-0.05, 0) is 25.1 Å². The number of benzene rings is 1. The molecule has 1 aromatic rings. The summed E-state index contributed by atoms with van der Waals surface area (Å²) in [6, 6.07) is 6.56. The van der Waals surface area contributed by atoms with E-state index in [-0.39, 0.29) is 23.8 Å². The molecule has 0 bridgehead atoms. The third kappa shape index (κ3) is 4.17. The summed E-state index contributed by atoms with van der Waals surface area (Å²) in [6.07, 6.45) is 1.80. The van der Waals surface area contributed by atoms with Gasteiger partial charge in [0.15, 0.2) is 0 Å². The Morgan fingerprint density at radius 1 is 1.35 bits per heavy atom. The molecule has 0 N–H and O–H groups in total. The molecule has 0 aromatic heterocycles. The molecule has 0 spiro atoms. The zero-order valence-electron chi connectivity index (χ0n) is 11.8. The fourth-order valence-electron chi connectivity index (χ4n) is 1.58. The Labute approximate surface area is 120 Å². The van der Waals surface area contributed by atoms with E-state index in [0.717, 1.165) is 9.87 Å². The number of nitrogens with zero attached hydrogens (tertiary/aromatic N) is 1. The smallest absolute Gasteiger partial charge is 0.243 e. The molecule has 0 aliphatic carbocycles. The molecule has 0 unspecified atom stereocenters. The number of Topliss-reactive ketones (excluding diaryl/α,β-unsaturated/α-hetero) is 1. The number of hydrogen-bond acceptors (Lipinski definition) is 3. The molecule has 0 radical (unpaired) electrons. The molecule has 4 nitrogen and oxygen atoms in total. The second-order valence-electron chi connectivity index (χ2n) is 4.41. The summed E-state index contributed by atoms with van der Waals surface area (Å²) in [7, 11) is -3.68. The summed E-state index contributed by atoms with van der Waals surface area (Å²) >= 11 is 0. The van der Waals surface area contributed by atoms with Gasteiger partial charge in [0, 0.05) is 13.0 Å². The quantitative estimate of drug-likeness (QED) is 0.725. The van der Waals surface area contributed by atoms with Gasteiger partial charge in [0.25, 0.3) is 0 Å². The number of aryl methyl sites for hydroxylation is 1. The first kappa shape index (κ1) is 16.4. The van der Waals surface area contributed by atoms with Crippen LogP contribution in [-0.4, -0.2) is 31.6 Å². The minimum absolute atomic E-state index is 0.0887. The van der Waals surface area contributed by atoms with Crippen LogP contribution in [0.1, 0.15) is 18.9 Å².